The van der Waals surface area contributed by atoms with Crippen LogP contribution in [0.15, 0.2) is 54.6 Å². The van der Waals surface area contributed by atoms with Gasteiger partial charge < -0.3 is 10.6 Å². The fourth-order valence-electron chi connectivity index (χ4n) is 3.14. The van der Waals surface area contributed by atoms with E-state index in [2.05, 4.69) is 22.8 Å². The molecule has 3 rings (SSSR count). The van der Waals surface area contributed by atoms with Gasteiger partial charge in [-0.3, -0.25) is 9.59 Å². The number of hydrogen-bond donors (Lipinski definition) is 2. The second-order valence-corrected chi connectivity index (χ2v) is 7.04. The van der Waals surface area contributed by atoms with Crippen LogP contribution < -0.4 is 10.6 Å². The van der Waals surface area contributed by atoms with E-state index >= 15 is 0 Å². The van der Waals surface area contributed by atoms with E-state index < -0.39 is 5.41 Å². The normalized spacial score (nSPS) is 14.5. The monoisotopic (exact) mass is 350 g/mol. The molecule has 136 valence electrons. The first-order valence-electron chi connectivity index (χ1n) is 9.27. The molecular formula is C22H26N2O2. The summed E-state index contributed by atoms with van der Waals surface area (Å²) in [7, 11) is 0. The molecule has 0 radical (unpaired) electrons. The highest BCUT2D eigenvalue weighted by Crippen LogP contribution is 2.46. The van der Waals surface area contributed by atoms with Crippen LogP contribution in [0.3, 0.4) is 0 Å². The van der Waals surface area contributed by atoms with Gasteiger partial charge in [-0.25, -0.2) is 0 Å². The second-order valence-electron chi connectivity index (χ2n) is 7.04. The van der Waals surface area contributed by atoms with E-state index in [0.717, 1.165) is 24.0 Å². The number of aryl methyl sites for hydroxylation is 2. The summed E-state index contributed by atoms with van der Waals surface area (Å²) in [6.07, 6.45) is 3.07. The zero-order chi connectivity index (χ0) is 18.4. The van der Waals surface area contributed by atoms with Crippen LogP contribution in [-0.4, -0.2) is 18.4 Å². The summed E-state index contributed by atoms with van der Waals surface area (Å²) in [5, 5.41) is 5.89. The van der Waals surface area contributed by atoms with Gasteiger partial charge in [0.1, 0.15) is 5.41 Å². The fourth-order valence-corrected chi connectivity index (χ4v) is 3.14. The maximum Gasteiger partial charge on any atom is 0.235 e. The van der Waals surface area contributed by atoms with Crippen molar-refractivity contribution in [3.05, 3.63) is 71.3 Å². The molecule has 0 atom stereocenters. The van der Waals surface area contributed by atoms with E-state index in [0.29, 0.717) is 25.9 Å². The smallest absolute Gasteiger partial charge is 0.235 e. The Labute approximate surface area is 155 Å². The average molecular weight is 350 g/mol. The highest BCUT2D eigenvalue weighted by Gasteiger charge is 2.56. The Bertz CT molecular complexity index is 767. The van der Waals surface area contributed by atoms with Gasteiger partial charge in [0.2, 0.25) is 11.8 Å². The van der Waals surface area contributed by atoms with Gasteiger partial charge in [-0.2, -0.15) is 0 Å². The number of amides is 2. The van der Waals surface area contributed by atoms with Crippen molar-refractivity contribution in [1.82, 2.24) is 10.6 Å². The molecule has 4 nitrogen and oxygen atoms in total. The molecule has 2 amide bonds. The van der Waals surface area contributed by atoms with Crippen molar-refractivity contribution >= 4 is 11.8 Å². The molecule has 0 aromatic heterocycles. The Hall–Kier alpha value is -2.62. The molecule has 2 aromatic rings. The van der Waals surface area contributed by atoms with Crippen molar-refractivity contribution in [2.75, 3.05) is 6.54 Å². The van der Waals surface area contributed by atoms with Crippen LogP contribution in [0.4, 0.5) is 0 Å². The van der Waals surface area contributed by atoms with E-state index in [1.54, 1.807) is 0 Å². The van der Waals surface area contributed by atoms with Crippen molar-refractivity contribution in [2.45, 2.75) is 39.2 Å². The van der Waals surface area contributed by atoms with Crippen molar-refractivity contribution < 1.29 is 9.59 Å². The molecule has 2 N–H and O–H groups in total. The third kappa shape index (κ3) is 4.31. The molecule has 4 heteroatoms. The van der Waals surface area contributed by atoms with E-state index in [-0.39, 0.29) is 11.8 Å². The number of rotatable bonds is 8. The lowest BCUT2D eigenvalue weighted by atomic mass is 10.0. The third-order valence-corrected chi connectivity index (χ3v) is 5.09. The average Bonchev–Trinajstić information content (AvgIpc) is 3.47. The maximum absolute atomic E-state index is 12.5. The lowest BCUT2D eigenvalue weighted by molar-refractivity contribution is -0.137. The van der Waals surface area contributed by atoms with Crippen LogP contribution in [0.25, 0.3) is 0 Å². The minimum Gasteiger partial charge on any atom is -0.355 e. The van der Waals surface area contributed by atoms with E-state index in [1.807, 2.05) is 49.4 Å². The van der Waals surface area contributed by atoms with Gasteiger partial charge >= 0.3 is 0 Å². The number of hydrogen-bond acceptors (Lipinski definition) is 2. The Balaban J connectivity index is 1.44. The summed E-state index contributed by atoms with van der Waals surface area (Å²) < 4.78 is 0. The molecular weight excluding hydrogens is 324 g/mol. The van der Waals surface area contributed by atoms with Gasteiger partial charge in [0, 0.05) is 13.1 Å². The SMILES string of the molecule is Cc1ccccc1CNC(=O)C1(C(=O)NCCCc2ccccc2)CC1. The summed E-state index contributed by atoms with van der Waals surface area (Å²) in [5.41, 5.74) is 2.64. The largest absolute Gasteiger partial charge is 0.355 e. The molecule has 1 fully saturated rings. The highest BCUT2D eigenvalue weighted by atomic mass is 16.2. The molecule has 0 saturated heterocycles. The fraction of sp³-hybridized carbons (Fsp3) is 0.364. The topological polar surface area (TPSA) is 58.2 Å². The molecule has 0 spiro atoms. The maximum atomic E-state index is 12.5. The molecule has 2 aromatic carbocycles. The summed E-state index contributed by atoms with van der Waals surface area (Å²) in [6.45, 7) is 3.09. The van der Waals surface area contributed by atoms with Gasteiger partial charge in [0.05, 0.1) is 0 Å². The van der Waals surface area contributed by atoms with Gasteiger partial charge in [-0.15, -0.1) is 0 Å². The first-order chi connectivity index (χ1) is 12.6. The number of carbonyl (C=O) groups is 2. The molecule has 26 heavy (non-hydrogen) atoms. The summed E-state index contributed by atoms with van der Waals surface area (Å²) in [5.74, 6) is -0.283. The van der Waals surface area contributed by atoms with Crippen LogP contribution in [-0.2, 0) is 22.6 Å². The number of nitrogens with one attached hydrogen (secondary N) is 2. The molecule has 1 aliphatic rings. The van der Waals surface area contributed by atoms with Crippen LogP contribution in [0.1, 0.15) is 36.0 Å². The zero-order valence-corrected chi connectivity index (χ0v) is 15.3. The van der Waals surface area contributed by atoms with Gasteiger partial charge in [0.25, 0.3) is 0 Å². The molecule has 0 aliphatic heterocycles. The summed E-state index contributed by atoms with van der Waals surface area (Å²) >= 11 is 0. The lowest BCUT2D eigenvalue weighted by Crippen LogP contribution is -2.43. The molecule has 1 saturated carbocycles. The van der Waals surface area contributed by atoms with Crippen molar-refractivity contribution in [3.8, 4) is 0 Å². The van der Waals surface area contributed by atoms with E-state index in [4.69, 9.17) is 0 Å². The lowest BCUT2D eigenvalue weighted by Gasteiger charge is -2.16. The first-order valence-corrected chi connectivity index (χ1v) is 9.27. The van der Waals surface area contributed by atoms with Crippen LogP contribution in [0.5, 0.6) is 0 Å². The molecule has 0 bridgehead atoms. The third-order valence-electron chi connectivity index (χ3n) is 5.09. The van der Waals surface area contributed by atoms with Crippen LogP contribution in [0, 0.1) is 12.3 Å². The minimum atomic E-state index is -0.852. The predicted molar refractivity (Wildman–Crippen MR) is 102 cm³/mol. The van der Waals surface area contributed by atoms with Crippen molar-refractivity contribution in [2.24, 2.45) is 5.41 Å². The summed E-state index contributed by atoms with van der Waals surface area (Å²) in [4.78, 5) is 25.0. The van der Waals surface area contributed by atoms with Gasteiger partial charge in [-0.05, 0) is 49.3 Å². The molecule has 0 heterocycles. The van der Waals surface area contributed by atoms with Crippen LogP contribution in [0.2, 0.25) is 0 Å². The van der Waals surface area contributed by atoms with Crippen molar-refractivity contribution in [3.63, 3.8) is 0 Å². The zero-order valence-electron chi connectivity index (χ0n) is 15.3. The van der Waals surface area contributed by atoms with E-state index in [9.17, 15) is 9.59 Å². The van der Waals surface area contributed by atoms with Gasteiger partial charge in [-0.1, -0.05) is 54.6 Å². The van der Waals surface area contributed by atoms with E-state index in [1.165, 1.54) is 5.56 Å². The minimum absolute atomic E-state index is 0.132. The van der Waals surface area contributed by atoms with Crippen molar-refractivity contribution in [1.29, 1.82) is 0 Å². The Morgan fingerprint density at radius 1 is 0.923 bits per heavy atom. The number of carbonyl (C=O) groups excluding carboxylic acids is 2. The van der Waals surface area contributed by atoms with Gasteiger partial charge in [0.15, 0.2) is 0 Å². The summed E-state index contributed by atoms with van der Waals surface area (Å²) in [6, 6.07) is 18.2. The molecule has 0 unspecified atom stereocenters. The quantitative estimate of drug-likeness (QED) is 0.568. The Morgan fingerprint density at radius 2 is 1.58 bits per heavy atom. The highest BCUT2D eigenvalue weighted by molar-refractivity contribution is 6.07. The molecule has 1 aliphatic carbocycles. The Morgan fingerprint density at radius 3 is 2.27 bits per heavy atom. The first kappa shape index (κ1) is 18.2. The standard InChI is InChI=1S/C22H26N2O2/c1-17-8-5-6-12-19(17)16-24-21(26)22(13-14-22)20(25)23-15-7-11-18-9-3-2-4-10-18/h2-6,8-10,12H,7,11,13-16H2,1H3,(H,23,25)(H,24,26). The second kappa shape index (κ2) is 8.17. The number of benzene rings is 2. The Kier molecular flexibility index (Phi) is 5.71. The van der Waals surface area contributed by atoms with Crippen LogP contribution >= 0.6 is 0 Å². The predicted octanol–water partition coefficient (Wildman–Crippen LogP) is 3.14.